The van der Waals surface area contributed by atoms with Crippen LogP contribution in [-0.4, -0.2) is 63.6 Å². The van der Waals surface area contributed by atoms with Gasteiger partial charge < -0.3 is 14.9 Å². The molecule has 0 radical (unpaired) electrons. The molecule has 3 atom stereocenters. The minimum absolute atomic E-state index is 0.0206. The van der Waals surface area contributed by atoms with E-state index < -0.39 is 5.97 Å². The first-order chi connectivity index (χ1) is 8.99. The van der Waals surface area contributed by atoms with Crippen LogP contribution in [0, 0.1) is 5.92 Å². The molecule has 3 unspecified atom stereocenters. The van der Waals surface area contributed by atoms with Crippen LogP contribution < -0.4 is 0 Å². The number of likely N-dealkylation sites (tertiary alicyclic amines) is 1. The molecule has 19 heavy (non-hydrogen) atoms. The lowest BCUT2D eigenvalue weighted by Gasteiger charge is -2.41. The second kappa shape index (κ2) is 6.03. The van der Waals surface area contributed by atoms with Crippen molar-refractivity contribution in [2.45, 2.75) is 38.0 Å². The number of nitrogens with zero attached hydrogens (tertiary/aromatic N) is 2. The monoisotopic (exact) mass is 286 g/mol. The summed E-state index contributed by atoms with van der Waals surface area (Å²) in [6.07, 6.45) is 1.14. The molecular formula is C13H22N2O3S. The summed E-state index contributed by atoms with van der Waals surface area (Å²) >= 11 is 1.90. The van der Waals surface area contributed by atoms with Crippen molar-refractivity contribution in [3.05, 3.63) is 0 Å². The zero-order valence-corrected chi connectivity index (χ0v) is 12.4. The normalized spacial score (nSPS) is 32.2. The average molecular weight is 286 g/mol. The van der Waals surface area contributed by atoms with Gasteiger partial charge >= 0.3 is 12.0 Å². The van der Waals surface area contributed by atoms with E-state index in [1.807, 2.05) is 28.5 Å². The van der Waals surface area contributed by atoms with Gasteiger partial charge in [-0.05, 0) is 19.8 Å². The molecule has 5 nitrogen and oxygen atoms in total. The quantitative estimate of drug-likeness (QED) is 0.797. The molecule has 0 aromatic heterocycles. The Labute approximate surface area is 118 Å². The number of carbonyl (C=O) groups excluding carboxylic acids is 1. The maximum Gasteiger partial charge on any atom is 0.320 e. The van der Waals surface area contributed by atoms with Crippen LogP contribution >= 0.6 is 11.8 Å². The van der Waals surface area contributed by atoms with Crippen molar-refractivity contribution in [1.82, 2.24) is 9.80 Å². The van der Waals surface area contributed by atoms with Crippen molar-refractivity contribution in [3.8, 4) is 0 Å². The fraction of sp³-hybridized carbons (Fsp3) is 0.846. The molecule has 2 amide bonds. The highest BCUT2D eigenvalue weighted by atomic mass is 32.2. The number of piperidine rings is 1. The number of carboxylic acids is 1. The molecule has 0 aromatic carbocycles. The number of hydrogen-bond acceptors (Lipinski definition) is 3. The van der Waals surface area contributed by atoms with Gasteiger partial charge in [0.2, 0.25) is 0 Å². The summed E-state index contributed by atoms with van der Waals surface area (Å²) < 4.78 is 0. The average Bonchev–Trinajstić information content (AvgIpc) is 2.37. The topological polar surface area (TPSA) is 60.9 Å². The third kappa shape index (κ3) is 3.35. The highest BCUT2D eigenvalue weighted by molar-refractivity contribution is 7.99. The molecule has 2 fully saturated rings. The van der Waals surface area contributed by atoms with Crippen LogP contribution in [-0.2, 0) is 4.79 Å². The Hall–Kier alpha value is -0.910. The summed E-state index contributed by atoms with van der Waals surface area (Å²) in [5, 5.41) is 9.54. The highest BCUT2D eigenvalue weighted by Gasteiger charge is 2.35. The van der Waals surface area contributed by atoms with Gasteiger partial charge in [0, 0.05) is 36.7 Å². The zero-order valence-electron chi connectivity index (χ0n) is 11.5. The molecule has 0 aliphatic carbocycles. The Balaban J connectivity index is 1.94. The molecule has 2 rings (SSSR count). The van der Waals surface area contributed by atoms with Crippen LogP contribution in [0.3, 0.4) is 0 Å². The Morgan fingerprint density at radius 3 is 2.58 bits per heavy atom. The van der Waals surface area contributed by atoms with Crippen LogP contribution in [0.2, 0.25) is 0 Å². The summed E-state index contributed by atoms with van der Waals surface area (Å²) in [5.74, 6) is -0.0378. The Bertz CT molecular complexity index is 364. The summed E-state index contributed by atoms with van der Waals surface area (Å²) in [4.78, 5) is 27.3. The predicted octanol–water partition coefficient (Wildman–Crippen LogP) is 1.73. The summed E-state index contributed by atoms with van der Waals surface area (Å²) in [7, 11) is 0. The maximum absolute atomic E-state index is 12.5. The van der Waals surface area contributed by atoms with E-state index in [-0.39, 0.29) is 18.0 Å². The van der Waals surface area contributed by atoms with Crippen molar-refractivity contribution in [2.24, 2.45) is 5.92 Å². The molecule has 6 heteroatoms. The standard InChI is InChI=1S/C13H22N2O3S/c1-9-7-11(12(16)17)3-4-15(9)13(18)14-5-6-19-10(2)8-14/h9-11H,3-8H2,1-2H3,(H,16,17). The fourth-order valence-corrected chi connectivity index (χ4v) is 3.87. The Kier molecular flexibility index (Phi) is 4.60. The minimum atomic E-state index is -0.734. The number of thioether (sulfide) groups is 1. The largest absolute Gasteiger partial charge is 0.481 e. The number of urea groups is 1. The first-order valence-corrected chi connectivity index (χ1v) is 7.94. The molecule has 2 heterocycles. The first kappa shape index (κ1) is 14.5. The van der Waals surface area contributed by atoms with E-state index in [2.05, 4.69) is 6.92 Å². The van der Waals surface area contributed by atoms with Crippen molar-refractivity contribution >= 4 is 23.8 Å². The second-order valence-corrected chi connectivity index (χ2v) is 7.06. The third-order valence-corrected chi connectivity index (χ3v) is 5.12. The van der Waals surface area contributed by atoms with Gasteiger partial charge in [-0.15, -0.1) is 0 Å². The van der Waals surface area contributed by atoms with E-state index in [4.69, 9.17) is 5.11 Å². The van der Waals surface area contributed by atoms with E-state index in [1.165, 1.54) is 0 Å². The van der Waals surface area contributed by atoms with Crippen molar-refractivity contribution in [2.75, 3.05) is 25.4 Å². The van der Waals surface area contributed by atoms with Gasteiger partial charge in [0.25, 0.3) is 0 Å². The lowest BCUT2D eigenvalue weighted by atomic mass is 9.92. The third-order valence-electron chi connectivity index (χ3n) is 3.98. The molecule has 0 aromatic rings. The van der Waals surface area contributed by atoms with Crippen molar-refractivity contribution < 1.29 is 14.7 Å². The smallest absolute Gasteiger partial charge is 0.320 e. The lowest BCUT2D eigenvalue weighted by Crippen LogP contribution is -2.54. The number of rotatable bonds is 1. The zero-order chi connectivity index (χ0) is 14.0. The van der Waals surface area contributed by atoms with E-state index in [0.717, 1.165) is 18.8 Å². The predicted molar refractivity (Wildman–Crippen MR) is 75.4 cm³/mol. The van der Waals surface area contributed by atoms with Crippen LogP contribution in [0.4, 0.5) is 4.79 Å². The minimum Gasteiger partial charge on any atom is -0.481 e. The maximum atomic E-state index is 12.5. The SMILES string of the molecule is CC1CN(C(=O)N2CCC(C(=O)O)CC2C)CCS1. The van der Waals surface area contributed by atoms with Crippen LogP contribution in [0.5, 0.6) is 0 Å². The van der Waals surface area contributed by atoms with E-state index in [0.29, 0.717) is 24.6 Å². The van der Waals surface area contributed by atoms with Gasteiger partial charge in [-0.2, -0.15) is 11.8 Å². The molecule has 0 saturated carbocycles. The second-order valence-electron chi connectivity index (χ2n) is 5.51. The van der Waals surface area contributed by atoms with Gasteiger partial charge in [0.1, 0.15) is 0 Å². The Morgan fingerprint density at radius 2 is 2.00 bits per heavy atom. The van der Waals surface area contributed by atoms with Gasteiger partial charge in [-0.1, -0.05) is 6.92 Å². The highest BCUT2D eigenvalue weighted by Crippen LogP contribution is 2.26. The van der Waals surface area contributed by atoms with Gasteiger partial charge in [-0.25, -0.2) is 4.79 Å². The molecule has 2 aliphatic heterocycles. The fourth-order valence-electron chi connectivity index (χ4n) is 2.85. The first-order valence-electron chi connectivity index (χ1n) is 6.89. The van der Waals surface area contributed by atoms with Gasteiger partial charge in [0.15, 0.2) is 0 Å². The molecule has 0 spiro atoms. The molecule has 2 saturated heterocycles. The van der Waals surface area contributed by atoms with Crippen molar-refractivity contribution in [3.63, 3.8) is 0 Å². The van der Waals surface area contributed by atoms with E-state index in [9.17, 15) is 9.59 Å². The number of aliphatic carboxylic acids is 1. The van der Waals surface area contributed by atoms with Crippen LogP contribution in [0.15, 0.2) is 0 Å². The van der Waals surface area contributed by atoms with E-state index >= 15 is 0 Å². The molecule has 108 valence electrons. The van der Waals surface area contributed by atoms with E-state index in [1.54, 1.807) is 0 Å². The number of carbonyl (C=O) groups is 2. The van der Waals surface area contributed by atoms with Gasteiger partial charge in [0.05, 0.1) is 5.92 Å². The molecule has 1 N–H and O–H groups in total. The van der Waals surface area contributed by atoms with Crippen LogP contribution in [0.1, 0.15) is 26.7 Å². The van der Waals surface area contributed by atoms with Crippen LogP contribution in [0.25, 0.3) is 0 Å². The number of amides is 2. The number of hydrogen-bond donors (Lipinski definition) is 1. The molecular weight excluding hydrogens is 264 g/mol. The Morgan fingerprint density at radius 1 is 1.26 bits per heavy atom. The molecule has 0 bridgehead atoms. The van der Waals surface area contributed by atoms with Gasteiger partial charge in [-0.3, -0.25) is 4.79 Å². The summed E-state index contributed by atoms with van der Waals surface area (Å²) in [6, 6.07) is 0.107. The lowest BCUT2D eigenvalue weighted by molar-refractivity contribution is -0.143. The number of carboxylic acid groups (broad SMARTS) is 1. The van der Waals surface area contributed by atoms with Crippen molar-refractivity contribution in [1.29, 1.82) is 0 Å². The summed E-state index contributed by atoms with van der Waals surface area (Å²) in [5.41, 5.74) is 0. The summed E-state index contributed by atoms with van der Waals surface area (Å²) in [6.45, 7) is 6.27. The molecule has 2 aliphatic rings.